The summed E-state index contributed by atoms with van der Waals surface area (Å²) in [4.78, 5) is 2.20. The van der Waals surface area contributed by atoms with E-state index in [9.17, 15) is 4.39 Å². The number of tetrazole rings is 1. The van der Waals surface area contributed by atoms with E-state index in [-0.39, 0.29) is 11.9 Å². The number of nitrogens with zero attached hydrogens (tertiary/aromatic N) is 5. The van der Waals surface area contributed by atoms with Crippen LogP contribution in [0.4, 0.5) is 4.39 Å². The highest BCUT2D eigenvalue weighted by Crippen LogP contribution is 2.35. The van der Waals surface area contributed by atoms with Crippen LogP contribution in [0.2, 0.25) is 0 Å². The molecule has 1 fully saturated rings. The molecule has 25 heavy (non-hydrogen) atoms. The number of aromatic nitrogens is 4. The van der Waals surface area contributed by atoms with Crippen LogP contribution in [0.3, 0.4) is 0 Å². The Morgan fingerprint density at radius 2 is 1.76 bits per heavy atom. The molecule has 1 saturated carbocycles. The van der Waals surface area contributed by atoms with E-state index in [1.54, 1.807) is 0 Å². The summed E-state index contributed by atoms with van der Waals surface area (Å²) in [6.45, 7) is 0.625. The minimum Gasteiger partial charge on any atom is -0.288 e. The zero-order valence-electron chi connectivity index (χ0n) is 14.1. The zero-order chi connectivity index (χ0) is 17.2. The Labute approximate surface area is 146 Å². The average molecular weight is 337 g/mol. The Balaban J connectivity index is 1.65. The molecule has 0 N–H and O–H groups in total. The molecule has 0 saturated heterocycles. The lowest BCUT2D eigenvalue weighted by Crippen LogP contribution is -2.27. The molecule has 1 atom stereocenters. The van der Waals surface area contributed by atoms with Crippen molar-refractivity contribution in [3.63, 3.8) is 0 Å². The Bertz CT molecular complexity index is 827. The molecule has 128 valence electrons. The van der Waals surface area contributed by atoms with E-state index in [1.165, 1.54) is 12.1 Å². The molecule has 1 aromatic heterocycles. The van der Waals surface area contributed by atoms with Gasteiger partial charge in [-0.1, -0.05) is 42.5 Å². The third-order valence-electron chi connectivity index (χ3n) is 4.59. The second-order valence-corrected chi connectivity index (χ2v) is 6.55. The van der Waals surface area contributed by atoms with E-state index in [4.69, 9.17) is 0 Å². The molecule has 0 aliphatic heterocycles. The van der Waals surface area contributed by atoms with Gasteiger partial charge < -0.3 is 0 Å². The van der Waals surface area contributed by atoms with Gasteiger partial charge >= 0.3 is 0 Å². The van der Waals surface area contributed by atoms with Crippen LogP contribution in [0.1, 0.15) is 41.9 Å². The lowest BCUT2D eigenvalue weighted by molar-refractivity contribution is 0.258. The standard InChI is InChI=1S/C19H20FN5/c1-24(13-18-21-22-23-25(18)17-11-12-17)19(14-5-3-2-4-6-14)15-7-9-16(20)10-8-15/h2-10,17,19H,11-13H2,1H3/t19-/m0/s1. The third-order valence-corrected chi connectivity index (χ3v) is 4.59. The molecular weight excluding hydrogens is 317 g/mol. The van der Waals surface area contributed by atoms with Crippen LogP contribution in [0.15, 0.2) is 54.6 Å². The summed E-state index contributed by atoms with van der Waals surface area (Å²) >= 11 is 0. The van der Waals surface area contributed by atoms with Crippen molar-refractivity contribution in [1.82, 2.24) is 25.1 Å². The number of hydrogen-bond acceptors (Lipinski definition) is 4. The van der Waals surface area contributed by atoms with E-state index in [0.29, 0.717) is 12.6 Å². The van der Waals surface area contributed by atoms with Crippen LogP contribution in [0, 0.1) is 5.82 Å². The Morgan fingerprint density at radius 1 is 1.08 bits per heavy atom. The summed E-state index contributed by atoms with van der Waals surface area (Å²) in [5, 5.41) is 12.2. The van der Waals surface area contributed by atoms with Gasteiger partial charge in [-0.15, -0.1) is 5.10 Å². The van der Waals surface area contributed by atoms with Gasteiger partial charge in [-0.05, 0) is 53.6 Å². The van der Waals surface area contributed by atoms with Gasteiger partial charge in [0.2, 0.25) is 0 Å². The number of rotatable bonds is 6. The first-order valence-electron chi connectivity index (χ1n) is 8.50. The first-order valence-corrected chi connectivity index (χ1v) is 8.50. The van der Waals surface area contributed by atoms with Gasteiger partial charge in [0.1, 0.15) is 5.82 Å². The first-order chi connectivity index (χ1) is 12.2. The average Bonchev–Trinajstić information content (AvgIpc) is 3.37. The van der Waals surface area contributed by atoms with Gasteiger partial charge in [0.25, 0.3) is 0 Å². The SMILES string of the molecule is CN(Cc1nnnn1C1CC1)[C@@H](c1ccccc1)c1ccc(F)cc1. The zero-order valence-corrected chi connectivity index (χ0v) is 14.1. The molecular formula is C19H20FN5. The van der Waals surface area contributed by atoms with E-state index in [0.717, 1.165) is 29.8 Å². The fraction of sp³-hybridized carbons (Fsp3) is 0.316. The van der Waals surface area contributed by atoms with Crippen molar-refractivity contribution in [2.24, 2.45) is 0 Å². The van der Waals surface area contributed by atoms with Crippen molar-refractivity contribution in [3.05, 3.63) is 77.4 Å². The van der Waals surface area contributed by atoms with Crippen molar-refractivity contribution in [1.29, 1.82) is 0 Å². The molecule has 4 rings (SSSR count). The topological polar surface area (TPSA) is 46.8 Å². The van der Waals surface area contributed by atoms with Gasteiger partial charge in [0.15, 0.2) is 5.82 Å². The van der Waals surface area contributed by atoms with Gasteiger partial charge in [0.05, 0.1) is 18.6 Å². The second-order valence-electron chi connectivity index (χ2n) is 6.55. The van der Waals surface area contributed by atoms with Crippen molar-refractivity contribution in [2.75, 3.05) is 7.05 Å². The molecule has 1 heterocycles. The first kappa shape index (κ1) is 15.9. The fourth-order valence-electron chi connectivity index (χ4n) is 3.22. The van der Waals surface area contributed by atoms with Gasteiger partial charge in [-0.25, -0.2) is 9.07 Å². The number of benzene rings is 2. The highest BCUT2D eigenvalue weighted by atomic mass is 19.1. The quantitative estimate of drug-likeness (QED) is 0.692. The summed E-state index contributed by atoms with van der Waals surface area (Å²) in [6.07, 6.45) is 2.28. The monoisotopic (exact) mass is 337 g/mol. The minimum atomic E-state index is -0.226. The highest BCUT2D eigenvalue weighted by Gasteiger charge is 2.29. The van der Waals surface area contributed by atoms with Gasteiger partial charge in [-0.3, -0.25) is 4.90 Å². The third kappa shape index (κ3) is 3.44. The van der Waals surface area contributed by atoms with Crippen LogP contribution < -0.4 is 0 Å². The van der Waals surface area contributed by atoms with E-state index >= 15 is 0 Å². The van der Waals surface area contributed by atoms with Crippen molar-refractivity contribution >= 4 is 0 Å². The molecule has 2 aromatic carbocycles. The fourth-order valence-corrected chi connectivity index (χ4v) is 3.22. The van der Waals surface area contributed by atoms with Crippen LogP contribution in [-0.2, 0) is 6.54 Å². The minimum absolute atomic E-state index is 0.00570. The smallest absolute Gasteiger partial charge is 0.165 e. The molecule has 0 unspecified atom stereocenters. The predicted octanol–water partition coefficient (Wildman–Crippen LogP) is 3.37. The maximum absolute atomic E-state index is 13.4. The summed E-state index contributed by atoms with van der Waals surface area (Å²) in [5.74, 6) is 0.643. The Hall–Kier alpha value is -2.60. The second kappa shape index (κ2) is 6.72. The molecule has 3 aromatic rings. The normalized spacial score (nSPS) is 15.5. The Morgan fingerprint density at radius 3 is 2.44 bits per heavy atom. The predicted molar refractivity (Wildman–Crippen MR) is 92.2 cm³/mol. The molecule has 5 nitrogen and oxygen atoms in total. The van der Waals surface area contributed by atoms with E-state index in [2.05, 4.69) is 32.6 Å². The van der Waals surface area contributed by atoms with Gasteiger partial charge in [-0.2, -0.15) is 0 Å². The maximum atomic E-state index is 13.4. The summed E-state index contributed by atoms with van der Waals surface area (Å²) < 4.78 is 15.3. The number of hydrogen-bond donors (Lipinski definition) is 0. The summed E-state index contributed by atoms with van der Waals surface area (Å²) in [5.41, 5.74) is 2.20. The van der Waals surface area contributed by atoms with Crippen molar-refractivity contribution in [3.8, 4) is 0 Å². The molecule has 0 amide bonds. The largest absolute Gasteiger partial charge is 0.288 e. The molecule has 1 aliphatic carbocycles. The molecule has 0 bridgehead atoms. The highest BCUT2D eigenvalue weighted by molar-refractivity contribution is 5.32. The van der Waals surface area contributed by atoms with Gasteiger partial charge in [0, 0.05) is 0 Å². The van der Waals surface area contributed by atoms with E-state index in [1.807, 2.05) is 42.1 Å². The lowest BCUT2D eigenvalue weighted by Gasteiger charge is -2.28. The maximum Gasteiger partial charge on any atom is 0.165 e. The lowest BCUT2D eigenvalue weighted by atomic mass is 9.97. The summed E-state index contributed by atoms with van der Waals surface area (Å²) in [6, 6.07) is 17.4. The molecule has 1 aliphatic rings. The van der Waals surface area contributed by atoms with Crippen LogP contribution in [-0.4, -0.2) is 32.2 Å². The van der Waals surface area contributed by atoms with Crippen LogP contribution in [0.5, 0.6) is 0 Å². The molecule has 0 radical (unpaired) electrons. The molecule has 0 spiro atoms. The van der Waals surface area contributed by atoms with Crippen LogP contribution in [0.25, 0.3) is 0 Å². The number of halogens is 1. The Kier molecular flexibility index (Phi) is 4.28. The summed E-state index contributed by atoms with van der Waals surface area (Å²) in [7, 11) is 2.05. The molecule has 6 heteroatoms. The van der Waals surface area contributed by atoms with E-state index < -0.39 is 0 Å². The van der Waals surface area contributed by atoms with Crippen molar-refractivity contribution in [2.45, 2.75) is 31.5 Å². The van der Waals surface area contributed by atoms with Crippen molar-refractivity contribution < 1.29 is 4.39 Å². The van der Waals surface area contributed by atoms with Crippen LogP contribution >= 0.6 is 0 Å².